The second-order valence-corrected chi connectivity index (χ2v) is 6.11. The highest BCUT2D eigenvalue weighted by atomic mass is 16.1. The smallest absolute Gasteiger partial charge is 0.252 e. The maximum atomic E-state index is 11.9. The molecule has 1 aromatic carbocycles. The van der Waals surface area contributed by atoms with Crippen LogP contribution in [-0.2, 0) is 4.79 Å². The van der Waals surface area contributed by atoms with Gasteiger partial charge in [-0.15, -0.1) is 0 Å². The number of anilines is 5. The summed E-state index contributed by atoms with van der Waals surface area (Å²) in [6, 6.07) is 12.7. The lowest BCUT2D eigenvalue weighted by Crippen LogP contribution is -2.19. The van der Waals surface area contributed by atoms with Crippen molar-refractivity contribution in [2.45, 2.75) is 6.92 Å². The molecule has 3 rings (SSSR count). The molecule has 3 aromatic rings. The van der Waals surface area contributed by atoms with Gasteiger partial charge in [-0.2, -0.15) is 0 Å². The van der Waals surface area contributed by atoms with E-state index in [-0.39, 0.29) is 5.91 Å². The zero-order valence-corrected chi connectivity index (χ0v) is 15.5. The van der Waals surface area contributed by atoms with Crippen LogP contribution >= 0.6 is 0 Å². The van der Waals surface area contributed by atoms with Crippen LogP contribution in [0.15, 0.2) is 61.1 Å². The fourth-order valence-corrected chi connectivity index (χ4v) is 2.70. The summed E-state index contributed by atoms with van der Waals surface area (Å²) in [6.45, 7) is 1.45. The largest absolute Gasteiger partial charge is 0.365 e. The first-order chi connectivity index (χ1) is 13.4. The zero-order valence-electron chi connectivity index (χ0n) is 15.5. The van der Waals surface area contributed by atoms with E-state index in [9.17, 15) is 9.59 Å². The van der Waals surface area contributed by atoms with Gasteiger partial charge in [0.15, 0.2) is 0 Å². The van der Waals surface area contributed by atoms with Crippen LogP contribution in [0.4, 0.5) is 28.6 Å². The molecule has 0 radical (unpaired) electrons. The number of pyridine rings is 2. The average Bonchev–Trinajstić information content (AvgIpc) is 2.67. The van der Waals surface area contributed by atoms with Crippen LogP contribution in [0.25, 0.3) is 0 Å². The van der Waals surface area contributed by atoms with E-state index in [1.165, 1.54) is 13.1 Å². The monoisotopic (exact) mass is 376 g/mol. The molecule has 0 bridgehead atoms. The van der Waals surface area contributed by atoms with Gasteiger partial charge in [0, 0.05) is 43.8 Å². The normalized spacial score (nSPS) is 10.2. The van der Waals surface area contributed by atoms with Crippen molar-refractivity contribution in [2.24, 2.45) is 5.73 Å². The molecule has 0 unspecified atom stereocenters. The van der Waals surface area contributed by atoms with Crippen molar-refractivity contribution in [3.05, 3.63) is 66.6 Å². The van der Waals surface area contributed by atoms with Crippen LogP contribution in [0.3, 0.4) is 0 Å². The van der Waals surface area contributed by atoms with Crippen molar-refractivity contribution in [3.8, 4) is 0 Å². The molecule has 2 amide bonds. The number of hydrogen-bond acceptors (Lipinski definition) is 6. The third-order valence-electron chi connectivity index (χ3n) is 4.00. The average molecular weight is 376 g/mol. The standard InChI is InChI=1S/C20H20N6O2/c1-13(27)24-14-5-3-6-15(9-14)25-19-10-18(17(12-23-19)20(21)28)26(2)16-7-4-8-22-11-16/h3-12H,1-2H3,(H2,21,28)(H,23,25)(H,24,27). The summed E-state index contributed by atoms with van der Waals surface area (Å²) in [5.74, 6) is -0.199. The second kappa shape index (κ2) is 8.17. The molecule has 0 saturated carbocycles. The number of carbonyl (C=O) groups is 2. The second-order valence-electron chi connectivity index (χ2n) is 6.11. The molecule has 0 fully saturated rings. The predicted molar refractivity (Wildman–Crippen MR) is 109 cm³/mol. The topological polar surface area (TPSA) is 113 Å². The van der Waals surface area contributed by atoms with Gasteiger partial charge < -0.3 is 21.3 Å². The minimum Gasteiger partial charge on any atom is -0.365 e. The Hall–Kier alpha value is -3.94. The molecule has 8 nitrogen and oxygen atoms in total. The number of hydrogen-bond donors (Lipinski definition) is 3. The molecule has 0 saturated heterocycles. The Balaban J connectivity index is 1.93. The minimum absolute atomic E-state index is 0.151. The molecular formula is C20H20N6O2. The van der Waals surface area contributed by atoms with Crippen LogP contribution in [0, 0.1) is 0 Å². The SMILES string of the molecule is CC(=O)Nc1cccc(Nc2cc(N(C)c3cccnc3)c(C(N)=O)cn2)c1. The molecular weight excluding hydrogens is 356 g/mol. The first-order valence-electron chi connectivity index (χ1n) is 8.52. The van der Waals surface area contributed by atoms with Crippen molar-refractivity contribution in [1.82, 2.24) is 9.97 Å². The highest BCUT2D eigenvalue weighted by Crippen LogP contribution is 2.29. The molecule has 0 aliphatic rings. The van der Waals surface area contributed by atoms with E-state index in [1.54, 1.807) is 30.6 Å². The number of nitrogens with two attached hydrogens (primary N) is 1. The van der Waals surface area contributed by atoms with E-state index in [4.69, 9.17) is 5.73 Å². The van der Waals surface area contributed by atoms with Gasteiger partial charge in [-0.3, -0.25) is 14.6 Å². The van der Waals surface area contributed by atoms with Gasteiger partial charge in [-0.05, 0) is 30.3 Å². The molecule has 0 atom stereocenters. The van der Waals surface area contributed by atoms with Crippen LogP contribution in [0.2, 0.25) is 0 Å². The van der Waals surface area contributed by atoms with E-state index in [0.29, 0.717) is 22.8 Å². The quantitative estimate of drug-likeness (QED) is 0.609. The van der Waals surface area contributed by atoms with Gasteiger partial charge in [-0.25, -0.2) is 4.98 Å². The van der Waals surface area contributed by atoms with Gasteiger partial charge in [-0.1, -0.05) is 6.07 Å². The molecule has 2 aromatic heterocycles. The summed E-state index contributed by atoms with van der Waals surface area (Å²) >= 11 is 0. The van der Waals surface area contributed by atoms with Crippen LogP contribution < -0.4 is 21.3 Å². The van der Waals surface area contributed by atoms with Gasteiger partial charge >= 0.3 is 0 Å². The predicted octanol–water partition coefficient (Wildman–Crippen LogP) is 3.05. The summed E-state index contributed by atoms with van der Waals surface area (Å²) in [7, 11) is 1.82. The van der Waals surface area contributed by atoms with E-state index in [0.717, 1.165) is 11.4 Å². The number of benzene rings is 1. The van der Waals surface area contributed by atoms with Crippen molar-refractivity contribution < 1.29 is 9.59 Å². The van der Waals surface area contributed by atoms with Crippen molar-refractivity contribution >= 4 is 40.4 Å². The Morgan fingerprint density at radius 1 is 1.07 bits per heavy atom. The van der Waals surface area contributed by atoms with Gasteiger partial charge in [0.25, 0.3) is 5.91 Å². The fourth-order valence-electron chi connectivity index (χ4n) is 2.70. The molecule has 0 spiro atoms. The summed E-state index contributed by atoms with van der Waals surface area (Å²) in [5, 5.41) is 5.90. The van der Waals surface area contributed by atoms with Crippen molar-refractivity contribution in [2.75, 3.05) is 22.6 Å². The zero-order chi connectivity index (χ0) is 20.1. The maximum absolute atomic E-state index is 11.9. The lowest BCUT2D eigenvalue weighted by molar-refractivity contribution is -0.114. The van der Waals surface area contributed by atoms with Crippen LogP contribution in [0.1, 0.15) is 17.3 Å². The molecule has 4 N–H and O–H groups in total. The highest BCUT2D eigenvalue weighted by molar-refractivity contribution is 5.99. The number of nitrogens with one attached hydrogen (secondary N) is 2. The molecule has 142 valence electrons. The van der Waals surface area contributed by atoms with Crippen molar-refractivity contribution in [1.29, 1.82) is 0 Å². The Bertz CT molecular complexity index is 1010. The highest BCUT2D eigenvalue weighted by Gasteiger charge is 2.15. The number of carbonyl (C=O) groups excluding carboxylic acids is 2. The molecule has 0 aliphatic heterocycles. The number of amides is 2. The number of rotatable bonds is 6. The van der Waals surface area contributed by atoms with Gasteiger partial charge in [0.05, 0.1) is 23.1 Å². The van der Waals surface area contributed by atoms with Gasteiger partial charge in [0.2, 0.25) is 5.91 Å². The first-order valence-corrected chi connectivity index (χ1v) is 8.52. The number of primary amides is 1. The summed E-state index contributed by atoms with van der Waals surface area (Å²) < 4.78 is 0. The Morgan fingerprint density at radius 3 is 2.54 bits per heavy atom. The van der Waals surface area contributed by atoms with Crippen molar-refractivity contribution in [3.63, 3.8) is 0 Å². The number of aromatic nitrogens is 2. The lowest BCUT2D eigenvalue weighted by atomic mass is 10.2. The number of nitrogens with zero attached hydrogens (tertiary/aromatic N) is 3. The minimum atomic E-state index is -0.572. The van der Waals surface area contributed by atoms with E-state index in [1.807, 2.05) is 36.2 Å². The Kier molecular flexibility index (Phi) is 5.50. The molecule has 2 heterocycles. The lowest BCUT2D eigenvalue weighted by Gasteiger charge is -2.22. The summed E-state index contributed by atoms with van der Waals surface area (Å²) in [4.78, 5) is 33.3. The van der Waals surface area contributed by atoms with Gasteiger partial charge in [0.1, 0.15) is 5.82 Å². The van der Waals surface area contributed by atoms with E-state index >= 15 is 0 Å². The first kappa shape index (κ1) is 18.8. The van der Waals surface area contributed by atoms with Crippen LogP contribution in [0.5, 0.6) is 0 Å². The molecule has 28 heavy (non-hydrogen) atoms. The van der Waals surface area contributed by atoms with E-state index < -0.39 is 5.91 Å². The third-order valence-corrected chi connectivity index (χ3v) is 4.00. The molecule has 0 aliphatic carbocycles. The maximum Gasteiger partial charge on any atom is 0.252 e. The fraction of sp³-hybridized carbons (Fsp3) is 0.100. The van der Waals surface area contributed by atoms with E-state index in [2.05, 4.69) is 20.6 Å². The third kappa shape index (κ3) is 4.42. The Labute approximate surface area is 162 Å². The Morgan fingerprint density at radius 2 is 1.86 bits per heavy atom. The van der Waals surface area contributed by atoms with Crippen LogP contribution in [-0.4, -0.2) is 28.8 Å². The molecule has 8 heteroatoms. The summed E-state index contributed by atoms with van der Waals surface area (Å²) in [5.41, 5.74) is 8.61. The summed E-state index contributed by atoms with van der Waals surface area (Å²) in [6.07, 6.45) is 4.80.